The average Bonchev–Trinajstić information content (AvgIpc) is 3.17. The van der Waals surface area contributed by atoms with Crippen LogP contribution in [0.5, 0.6) is 0 Å². The Kier molecular flexibility index (Phi) is 4.47. The highest BCUT2D eigenvalue weighted by Gasteiger charge is 2.10. The maximum atomic E-state index is 11.9. The van der Waals surface area contributed by atoms with Gasteiger partial charge in [-0.25, -0.2) is 0 Å². The topological polar surface area (TPSA) is 89.8 Å². The number of H-pyrrole nitrogens is 2. The van der Waals surface area contributed by atoms with Gasteiger partial charge in [0, 0.05) is 34.2 Å². The van der Waals surface area contributed by atoms with Gasteiger partial charge in [-0.1, -0.05) is 18.2 Å². The molecule has 23 heavy (non-hydrogen) atoms. The molecule has 2 amide bonds. The van der Waals surface area contributed by atoms with Crippen LogP contribution in [-0.2, 0) is 11.2 Å². The van der Waals surface area contributed by atoms with E-state index in [2.05, 4.69) is 36.7 Å². The highest BCUT2D eigenvalue weighted by Crippen LogP contribution is 2.18. The van der Waals surface area contributed by atoms with Crippen LogP contribution in [-0.4, -0.2) is 21.8 Å². The van der Waals surface area contributed by atoms with Crippen molar-refractivity contribution in [3.05, 3.63) is 58.5 Å². The van der Waals surface area contributed by atoms with E-state index in [9.17, 15) is 9.59 Å². The minimum Gasteiger partial charge on any atom is -0.361 e. The quantitative estimate of drug-likeness (QED) is 0.528. The van der Waals surface area contributed by atoms with Crippen molar-refractivity contribution in [3.63, 3.8) is 0 Å². The zero-order valence-corrected chi connectivity index (χ0v) is 13.7. The minimum atomic E-state index is -0.392. The number of hydrogen-bond donors (Lipinski definition) is 4. The number of carbonyl (C=O) groups excluding carboxylic acids is 2. The number of para-hydroxylation sites is 1. The standard InChI is InChI=1S/C16H15BrN4O2/c17-11-7-14(19-9-11)16(23)21-20-15(22)6-5-10-8-18-13-4-2-1-3-12(10)13/h1-4,7-9,18-19H,5-6H2,(H,20,22)(H,21,23). The number of nitrogens with one attached hydrogen (secondary N) is 4. The lowest BCUT2D eigenvalue weighted by atomic mass is 10.1. The summed E-state index contributed by atoms with van der Waals surface area (Å²) in [5.74, 6) is -0.634. The van der Waals surface area contributed by atoms with E-state index >= 15 is 0 Å². The van der Waals surface area contributed by atoms with Gasteiger partial charge in [0.25, 0.3) is 5.91 Å². The van der Waals surface area contributed by atoms with Crippen LogP contribution >= 0.6 is 15.9 Å². The van der Waals surface area contributed by atoms with Gasteiger partial charge < -0.3 is 9.97 Å². The number of aryl methyl sites for hydroxylation is 1. The summed E-state index contributed by atoms with van der Waals surface area (Å²) in [5, 5.41) is 1.11. The molecule has 4 N–H and O–H groups in total. The Labute approximate surface area is 140 Å². The SMILES string of the molecule is O=C(CCc1c[nH]c2ccccc12)NNC(=O)c1cc(Br)c[nH]1. The Bertz CT molecular complexity index is 853. The third-order valence-corrected chi connectivity index (χ3v) is 3.96. The number of halogens is 1. The molecular weight excluding hydrogens is 360 g/mol. The van der Waals surface area contributed by atoms with E-state index in [4.69, 9.17) is 0 Å². The number of hydrogen-bond acceptors (Lipinski definition) is 2. The largest absolute Gasteiger partial charge is 0.361 e. The third kappa shape index (κ3) is 3.62. The van der Waals surface area contributed by atoms with E-state index in [1.165, 1.54) is 0 Å². The fourth-order valence-electron chi connectivity index (χ4n) is 2.34. The van der Waals surface area contributed by atoms with Crippen LogP contribution in [0.3, 0.4) is 0 Å². The molecule has 0 aliphatic carbocycles. The third-order valence-electron chi connectivity index (χ3n) is 3.50. The second-order valence-electron chi connectivity index (χ2n) is 5.09. The zero-order valence-electron chi connectivity index (χ0n) is 12.2. The predicted molar refractivity (Wildman–Crippen MR) is 90.7 cm³/mol. The number of aromatic nitrogens is 2. The van der Waals surface area contributed by atoms with Gasteiger partial charge in [0.15, 0.2) is 0 Å². The Morgan fingerprint density at radius 1 is 1.09 bits per heavy atom. The van der Waals surface area contributed by atoms with Crippen LogP contribution in [0.1, 0.15) is 22.5 Å². The van der Waals surface area contributed by atoms with Gasteiger partial charge in [-0.15, -0.1) is 0 Å². The van der Waals surface area contributed by atoms with Crippen molar-refractivity contribution in [1.82, 2.24) is 20.8 Å². The van der Waals surface area contributed by atoms with E-state index < -0.39 is 5.91 Å². The molecule has 0 spiro atoms. The van der Waals surface area contributed by atoms with Crippen molar-refractivity contribution >= 4 is 38.6 Å². The maximum absolute atomic E-state index is 11.9. The fraction of sp³-hybridized carbons (Fsp3) is 0.125. The van der Waals surface area contributed by atoms with Gasteiger partial charge in [0.2, 0.25) is 5.91 Å². The Hall–Kier alpha value is -2.54. The van der Waals surface area contributed by atoms with Gasteiger partial charge >= 0.3 is 0 Å². The molecule has 0 fully saturated rings. The number of benzene rings is 1. The normalized spacial score (nSPS) is 10.7. The molecule has 0 saturated heterocycles. The number of aromatic amines is 2. The van der Waals surface area contributed by atoms with Crippen LogP contribution < -0.4 is 10.9 Å². The lowest BCUT2D eigenvalue weighted by Gasteiger charge is -2.06. The van der Waals surface area contributed by atoms with Gasteiger partial charge in [-0.05, 0) is 40.0 Å². The molecular formula is C16H15BrN4O2. The van der Waals surface area contributed by atoms with Crippen molar-refractivity contribution in [2.45, 2.75) is 12.8 Å². The Morgan fingerprint density at radius 2 is 1.91 bits per heavy atom. The second-order valence-corrected chi connectivity index (χ2v) is 6.01. The van der Waals surface area contributed by atoms with Crippen molar-refractivity contribution in [2.24, 2.45) is 0 Å². The van der Waals surface area contributed by atoms with Crippen molar-refractivity contribution in [1.29, 1.82) is 0 Å². The van der Waals surface area contributed by atoms with Crippen LogP contribution in [0.4, 0.5) is 0 Å². The molecule has 0 aliphatic heterocycles. The molecule has 0 radical (unpaired) electrons. The summed E-state index contributed by atoms with van der Waals surface area (Å²) >= 11 is 3.25. The summed E-state index contributed by atoms with van der Waals surface area (Å²) in [5.41, 5.74) is 7.30. The van der Waals surface area contributed by atoms with Gasteiger partial charge in [0.05, 0.1) is 0 Å². The summed E-state index contributed by atoms with van der Waals surface area (Å²) in [6.07, 6.45) is 4.44. The molecule has 0 saturated carbocycles. The first-order valence-electron chi connectivity index (χ1n) is 7.11. The summed E-state index contributed by atoms with van der Waals surface area (Å²) in [6.45, 7) is 0. The summed E-state index contributed by atoms with van der Waals surface area (Å²) in [7, 11) is 0. The Balaban J connectivity index is 1.51. The minimum absolute atomic E-state index is 0.241. The van der Waals surface area contributed by atoms with Crippen LogP contribution in [0.25, 0.3) is 10.9 Å². The first kappa shape index (κ1) is 15.4. The van der Waals surface area contributed by atoms with E-state index in [1.807, 2.05) is 30.5 Å². The lowest BCUT2D eigenvalue weighted by molar-refractivity contribution is -0.121. The molecule has 0 bridgehead atoms. The van der Waals surface area contributed by atoms with Gasteiger partial charge in [-0.3, -0.25) is 20.4 Å². The highest BCUT2D eigenvalue weighted by molar-refractivity contribution is 9.10. The number of carbonyl (C=O) groups is 2. The molecule has 7 heteroatoms. The van der Waals surface area contributed by atoms with Crippen LogP contribution in [0.2, 0.25) is 0 Å². The molecule has 2 heterocycles. The highest BCUT2D eigenvalue weighted by atomic mass is 79.9. The van der Waals surface area contributed by atoms with Crippen LogP contribution in [0.15, 0.2) is 47.2 Å². The smallest absolute Gasteiger partial charge is 0.286 e. The van der Waals surface area contributed by atoms with Crippen molar-refractivity contribution in [3.8, 4) is 0 Å². The summed E-state index contributed by atoms with van der Waals surface area (Å²) in [4.78, 5) is 29.6. The van der Waals surface area contributed by atoms with E-state index in [1.54, 1.807) is 12.3 Å². The predicted octanol–water partition coefficient (Wildman–Crippen LogP) is 2.65. The summed E-state index contributed by atoms with van der Waals surface area (Å²) < 4.78 is 0.772. The maximum Gasteiger partial charge on any atom is 0.286 e. The second kappa shape index (κ2) is 6.70. The molecule has 0 unspecified atom stereocenters. The molecule has 0 atom stereocenters. The van der Waals surface area contributed by atoms with Crippen molar-refractivity contribution in [2.75, 3.05) is 0 Å². The number of rotatable bonds is 4. The first-order chi connectivity index (χ1) is 11.1. The van der Waals surface area contributed by atoms with E-state index in [0.717, 1.165) is 20.9 Å². The van der Waals surface area contributed by atoms with Gasteiger partial charge in [-0.2, -0.15) is 0 Å². The summed E-state index contributed by atoms with van der Waals surface area (Å²) in [6, 6.07) is 9.57. The van der Waals surface area contributed by atoms with Gasteiger partial charge in [0.1, 0.15) is 5.69 Å². The first-order valence-corrected chi connectivity index (χ1v) is 7.91. The monoisotopic (exact) mass is 374 g/mol. The molecule has 6 nitrogen and oxygen atoms in total. The number of fused-ring (bicyclic) bond motifs is 1. The van der Waals surface area contributed by atoms with Crippen molar-refractivity contribution < 1.29 is 9.59 Å². The molecule has 0 aliphatic rings. The number of amides is 2. The van der Waals surface area contributed by atoms with E-state index in [-0.39, 0.29) is 12.3 Å². The molecule has 118 valence electrons. The van der Waals surface area contributed by atoms with E-state index in [0.29, 0.717) is 12.1 Å². The molecule has 3 aromatic rings. The fourth-order valence-corrected chi connectivity index (χ4v) is 2.69. The molecule has 1 aromatic carbocycles. The average molecular weight is 375 g/mol. The molecule has 3 rings (SSSR count). The zero-order chi connectivity index (χ0) is 16.2. The lowest BCUT2D eigenvalue weighted by Crippen LogP contribution is -2.41. The number of hydrazine groups is 1. The van der Waals surface area contributed by atoms with Crippen LogP contribution in [0, 0.1) is 0 Å². The molecule has 2 aromatic heterocycles. The Morgan fingerprint density at radius 3 is 2.70 bits per heavy atom.